The van der Waals surface area contributed by atoms with Crippen LogP contribution >= 0.6 is 0 Å². The lowest BCUT2D eigenvalue weighted by Crippen LogP contribution is -2.49. The molecule has 2 aromatic heterocycles. The summed E-state index contributed by atoms with van der Waals surface area (Å²) in [7, 11) is -3.06. The number of carbonyl (C=O) groups excluding carboxylic acids is 1. The first-order valence-corrected chi connectivity index (χ1v) is 15.8. The van der Waals surface area contributed by atoms with Crippen LogP contribution in [0.2, 0.25) is 0 Å². The molecule has 2 aliphatic rings. The lowest BCUT2D eigenvalue weighted by atomic mass is 9.71. The highest BCUT2D eigenvalue weighted by Gasteiger charge is 2.44. The molecule has 0 atom stereocenters. The van der Waals surface area contributed by atoms with Crippen LogP contribution in [0.5, 0.6) is 5.88 Å². The van der Waals surface area contributed by atoms with E-state index in [2.05, 4.69) is 20.0 Å². The van der Waals surface area contributed by atoms with Gasteiger partial charge in [0, 0.05) is 37.8 Å². The van der Waals surface area contributed by atoms with Gasteiger partial charge in [-0.25, -0.2) is 17.5 Å². The standard InChI is InChI=1S/C30H31FN6O7S/c1-43-30(18-31)15-19(16-30)17-33-23-8-7-21(14-25(23)37(39)40)45(41,42)35-28(38)22-5-2-3-6-24(22)36-11-4-12-44-29-26(36)13-20-9-10-32-27(20)34-29/h2-3,5-10,13-14,19,33H,4,11-12,15-18H2,1H3,(H,32,34)(H,35,38). The number of H-pyrrole nitrogens is 1. The van der Waals surface area contributed by atoms with Crippen LogP contribution < -0.4 is 19.7 Å². The minimum atomic E-state index is -4.51. The van der Waals surface area contributed by atoms with Gasteiger partial charge in [0.05, 0.1) is 33.3 Å². The van der Waals surface area contributed by atoms with Crippen LogP contribution in [0.3, 0.4) is 0 Å². The monoisotopic (exact) mass is 638 g/mol. The number of methoxy groups -OCH3 is 1. The summed E-state index contributed by atoms with van der Waals surface area (Å²) in [4.78, 5) is 33.7. The minimum absolute atomic E-state index is 0.0376. The number of halogens is 1. The van der Waals surface area contributed by atoms with Gasteiger partial charge in [-0.05, 0) is 61.6 Å². The van der Waals surface area contributed by atoms with Gasteiger partial charge in [0.15, 0.2) is 0 Å². The number of nitrogens with zero attached hydrogens (tertiary/aromatic N) is 3. The molecule has 13 nitrogen and oxygen atoms in total. The number of hydrogen-bond acceptors (Lipinski definition) is 10. The summed E-state index contributed by atoms with van der Waals surface area (Å²) in [6.07, 6.45) is 3.30. The molecular formula is C30H31FN6O7S. The molecule has 6 rings (SSSR count). The van der Waals surface area contributed by atoms with E-state index in [-0.39, 0.29) is 17.2 Å². The van der Waals surface area contributed by atoms with Gasteiger partial charge in [-0.2, -0.15) is 4.98 Å². The van der Waals surface area contributed by atoms with E-state index in [0.29, 0.717) is 61.9 Å². The number of sulfonamides is 1. The molecular weight excluding hydrogens is 607 g/mol. The number of ether oxygens (including phenoxy) is 2. The van der Waals surface area contributed by atoms with Crippen molar-refractivity contribution in [3.05, 3.63) is 76.5 Å². The zero-order valence-corrected chi connectivity index (χ0v) is 25.1. The van der Waals surface area contributed by atoms with Crippen LogP contribution in [-0.2, 0) is 14.8 Å². The second-order valence-electron chi connectivity index (χ2n) is 11.1. The van der Waals surface area contributed by atoms with Crippen molar-refractivity contribution in [3.8, 4) is 5.88 Å². The second kappa shape index (κ2) is 12.0. The highest BCUT2D eigenvalue weighted by Crippen LogP contribution is 2.42. The van der Waals surface area contributed by atoms with Crippen LogP contribution in [-0.4, -0.2) is 68.3 Å². The smallest absolute Gasteiger partial charge is 0.293 e. The summed E-state index contributed by atoms with van der Waals surface area (Å²) in [5, 5.41) is 15.7. The average Bonchev–Trinajstić information content (AvgIpc) is 3.37. The molecule has 0 radical (unpaired) electrons. The number of benzene rings is 2. The summed E-state index contributed by atoms with van der Waals surface area (Å²) < 4.78 is 53.1. The van der Waals surface area contributed by atoms with Crippen molar-refractivity contribution in [1.29, 1.82) is 0 Å². The Kier molecular flexibility index (Phi) is 8.05. The van der Waals surface area contributed by atoms with E-state index in [1.165, 1.54) is 25.3 Å². The van der Waals surface area contributed by atoms with Crippen molar-refractivity contribution in [2.24, 2.45) is 5.92 Å². The van der Waals surface area contributed by atoms with Crippen LogP contribution in [0.15, 0.2) is 65.7 Å². The van der Waals surface area contributed by atoms with Crippen LogP contribution in [0.25, 0.3) is 11.0 Å². The van der Waals surface area contributed by atoms with E-state index in [1.54, 1.807) is 24.4 Å². The van der Waals surface area contributed by atoms with Crippen molar-refractivity contribution >= 4 is 49.7 Å². The second-order valence-corrected chi connectivity index (χ2v) is 12.8. The molecule has 0 saturated heterocycles. The SMILES string of the molecule is COC1(CF)CC(CNc2ccc(S(=O)(=O)NC(=O)c3ccccc3N3CCCOc4nc5[nH]ccc5cc43)cc2[N+](=O)[O-])C1. The molecule has 1 amide bonds. The number of pyridine rings is 1. The number of fused-ring (bicyclic) bond motifs is 2. The summed E-state index contributed by atoms with van der Waals surface area (Å²) >= 11 is 0. The molecule has 0 unspecified atom stereocenters. The van der Waals surface area contributed by atoms with Crippen LogP contribution in [0.4, 0.5) is 27.1 Å². The number of carbonyl (C=O) groups is 1. The number of nitro benzene ring substituents is 1. The molecule has 1 aliphatic heterocycles. The molecule has 1 aliphatic carbocycles. The van der Waals surface area contributed by atoms with Crippen molar-refractivity contribution in [3.63, 3.8) is 0 Å². The summed E-state index contributed by atoms with van der Waals surface area (Å²) in [5.41, 5.74) is 0.619. The highest BCUT2D eigenvalue weighted by molar-refractivity contribution is 7.90. The zero-order chi connectivity index (χ0) is 31.8. The van der Waals surface area contributed by atoms with E-state index in [9.17, 15) is 27.7 Å². The van der Waals surface area contributed by atoms with Crippen molar-refractivity contribution in [1.82, 2.24) is 14.7 Å². The van der Waals surface area contributed by atoms with Crippen LogP contribution in [0, 0.1) is 16.0 Å². The van der Waals surface area contributed by atoms with E-state index >= 15 is 0 Å². The first kappa shape index (κ1) is 30.3. The van der Waals surface area contributed by atoms with E-state index in [0.717, 1.165) is 11.5 Å². The van der Waals surface area contributed by atoms with Crippen molar-refractivity contribution in [2.75, 3.05) is 43.7 Å². The Hall–Kier alpha value is -4.76. The van der Waals surface area contributed by atoms with Crippen molar-refractivity contribution < 1.29 is 32.0 Å². The third-order valence-electron chi connectivity index (χ3n) is 8.26. The molecule has 2 aromatic carbocycles. The Morgan fingerprint density at radius 1 is 1.22 bits per heavy atom. The van der Waals surface area contributed by atoms with Gasteiger partial charge in [-0.3, -0.25) is 14.9 Å². The maximum atomic E-state index is 13.5. The fourth-order valence-electron chi connectivity index (χ4n) is 5.85. The first-order chi connectivity index (χ1) is 21.6. The van der Waals surface area contributed by atoms with Gasteiger partial charge < -0.3 is 24.7 Å². The van der Waals surface area contributed by atoms with E-state index < -0.39 is 43.7 Å². The molecule has 45 heavy (non-hydrogen) atoms. The average molecular weight is 639 g/mol. The third-order valence-corrected chi connectivity index (χ3v) is 9.59. The summed E-state index contributed by atoms with van der Waals surface area (Å²) in [5.74, 6) is -0.489. The van der Waals surface area contributed by atoms with Crippen LogP contribution in [0.1, 0.15) is 29.6 Å². The lowest BCUT2D eigenvalue weighted by Gasteiger charge is -2.44. The topological polar surface area (TPSA) is 169 Å². The number of anilines is 3. The maximum absolute atomic E-state index is 13.5. The number of para-hydroxylation sites is 1. The molecule has 15 heteroatoms. The number of aromatic amines is 1. The first-order valence-electron chi connectivity index (χ1n) is 14.3. The molecule has 236 valence electrons. The number of hydrogen-bond donors (Lipinski definition) is 3. The minimum Gasteiger partial charge on any atom is -0.476 e. The molecule has 0 bridgehead atoms. The van der Waals surface area contributed by atoms with Gasteiger partial charge >= 0.3 is 0 Å². The molecule has 1 fully saturated rings. The molecule has 1 saturated carbocycles. The predicted molar refractivity (Wildman–Crippen MR) is 164 cm³/mol. The van der Waals surface area contributed by atoms with Gasteiger partial charge in [-0.1, -0.05) is 12.1 Å². The number of aromatic nitrogens is 2. The molecule has 0 spiro atoms. The molecule has 3 heterocycles. The lowest BCUT2D eigenvalue weighted by molar-refractivity contribution is -0.384. The van der Waals surface area contributed by atoms with E-state index in [1.807, 2.05) is 17.0 Å². The largest absolute Gasteiger partial charge is 0.476 e. The number of alkyl halides is 1. The highest BCUT2D eigenvalue weighted by atomic mass is 32.2. The van der Waals surface area contributed by atoms with E-state index in [4.69, 9.17) is 9.47 Å². The summed E-state index contributed by atoms with van der Waals surface area (Å²) in [6.45, 7) is 0.586. The Balaban J connectivity index is 1.23. The summed E-state index contributed by atoms with van der Waals surface area (Å²) in [6, 6.07) is 13.7. The Bertz CT molecular complexity index is 1870. The number of rotatable bonds is 10. The van der Waals surface area contributed by atoms with Gasteiger partial charge in [0.25, 0.3) is 21.6 Å². The number of nitro groups is 1. The van der Waals surface area contributed by atoms with Gasteiger partial charge in [0.1, 0.15) is 23.7 Å². The Labute approximate surface area is 257 Å². The number of nitrogens with one attached hydrogen (secondary N) is 3. The molecule has 3 N–H and O–H groups in total. The van der Waals surface area contributed by atoms with Crippen molar-refractivity contribution in [2.45, 2.75) is 29.8 Å². The Morgan fingerprint density at radius 2 is 2.02 bits per heavy atom. The van der Waals surface area contributed by atoms with Gasteiger partial charge in [0.2, 0.25) is 5.88 Å². The quantitative estimate of drug-likeness (QED) is 0.164. The normalized spacial score (nSPS) is 19.6. The fourth-order valence-corrected chi connectivity index (χ4v) is 6.84. The maximum Gasteiger partial charge on any atom is 0.293 e. The molecule has 4 aromatic rings. The third kappa shape index (κ3) is 5.88. The predicted octanol–water partition coefficient (Wildman–Crippen LogP) is 4.69. The number of amides is 1. The Morgan fingerprint density at radius 3 is 2.78 bits per heavy atom. The van der Waals surface area contributed by atoms with Gasteiger partial charge in [-0.15, -0.1) is 0 Å². The zero-order valence-electron chi connectivity index (χ0n) is 24.3. The fraction of sp³-hybridized carbons (Fsp3) is 0.333.